The van der Waals surface area contributed by atoms with E-state index in [4.69, 9.17) is 32.7 Å². The molecule has 6 rings (SSSR count). The van der Waals surface area contributed by atoms with Crippen molar-refractivity contribution in [2.24, 2.45) is 7.05 Å². The quantitative estimate of drug-likeness (QED) is 0.178. The van der Waals surface area contributed by atoms with Crippen LogP contribution >= 0.6 is 23.2 Å². The summed E-state index contributed by atoms with van der Waals surface area (Å²) in [5.41, 5.74) is 1.97. The first-order valence-electron chi connectivity index (χ1n) is 14.5. The number of methoxy groups -OCH3 is 1. The van der Waals surface area contributed by atoms with Gasteiger partial charge in [-0.2, -0.15) is 5.10 Å². The van der Waals surface area contributed by atoms with Crippen molar-refractivity contribution in [3.63, 3.8) is 0 Å². The number of nitrogens with one attached hydrogen (secondary N) is 2. The molecule has 11 nitrogen and oxygen atoms in total. The van der Waals surface area contributed by atoms with Gasteiger partial charge in [0.05, 0.1) is 59.0 Å². The number of halogens is 4. The standard InChI is InChI=1S/C32H29Cl2F2N7O4/c1-43-32(45)26-16(12-39-43)11-22(29(35)36)41-30(26)40-21-8-4-6-18(28(21)34)17-5-3-7-19(27(17)33)23-13-38-24(31(42-23)46-2)14-37-20-9-10-47-15-25(20)44/h3-8,11-13,20,25,29,37,44H,9-10,14-15H2,1-2H3,(H,40,41). The molecule has 47 heavy (non-hydrogen) atoms. The van der Waals surface area contributed by atoms with Gasteiger partial charge in [0.1, 0.15) is 17.2 Å². The molecule has 3 N–H and O–H groups in total. The summed E-state index contributed by atoms with van der Waals surface area (Å²) in [7, 11) is 2.95. The number of pyridine rings is 1. The highest BCUT2D eigenvalue weighted by Crippen LogP contribution is 2.42. The summed E-state index contributed by atoms with van der Waals surface area (Å²) in [6.45, 7) is 1.16. The number of aliphatic hydroxyl groups excluding tert-OH is 1. The van der Waals surface area contributed by atoms with E-state index in [0.717, 1.165) is 10.7 Å². The smallest absolute Gasteiger partial charge is 0.280 e. The van der Waals surface area contributed by atoms with Crippen LogP contribution in [0.15, 0.2) is 59.7 Å². The fourth-order valence-electron chi connectivity index (χ4n) is 5.38. The van der Waals surface area contributed by atoms with Crippen molar-refractivity contribution in [3.05, 3.63) is 86.6 Å². The molecule has 0 saturated carbocycles. The zero-order chi connectivity index (χ0) is 33.2. The molecule has 1 saturated heterocycles. The number of rotatable bonds is 9. The zero-order valence-corrected chi connectivity index (χ0v) is 26.7. The lowest BCUT2D eigenvalue weighted by atomic mass is 10.0. The van der Waals surface area contributed by atoms with Crippen LogP contribution in [0.2, 0.25) is 10.0 Å². The van der Waals surface area contributed by atoms with Gasteiger partial charge in [-0.05, 0) is 18.6 Å². The van der Waals surface area contributed by atoms with E-state index < -0.39 is 23.8 Å². The third-order valence-corrected chi connectivity index (χ3v) is 8.67. The Hall–Kier alpha value is -4.27. The van der Waals surface area contributed by atoms with Gasteiger partial charge in [0.25, 0.3) is 12.0 Å². The largest absolute Gasteiger partial charge is 0.480 e. The van der Waals surface area contributed by atoms with Crippen molar-refractivity contribution < 1.29 is 23.4 Å². The Bertz CT molecular complexity index is 2010. The van der Waals surface area contributed by atoms with Gasteiger partial charge in [-0.25, -0.2) is 23.4 Å². The van der Waals surface area contributed by atoms with Crippen molar-refractivity contribution in [3.8, 4) is 28.3 Å². The number of anilines is 2. The van der Waals surface area contributed by atoms with Crippen LogP contribution in [0.3, 0.4) is 0 Å². The molecule has 244 valence electrons. The fourth-order valence-corrected chi connectivity index (χ4v) is 5.98. The zero-order valence-electron chi connectivity index (χ0n) is 25.2. The van der Waals surface area contributed by atoms with E-state index in [2.05, 4.69) is 30.7 Å². The van der Waals surface area contributed by atoms with E-state index in [0.29, 0.717) is 64.2 Å². The number of hydrogen-bond acceptors (Lipinski definition) is 10. The second-order valence-corrected chi connectivity index (χ2v) is 11.6. The van der Waals surface area contributed by atoms with E-state index in [9.17, 15) is 18.7 Å². The van der Waals surface area contributed by atoms with Crippen LogP contribution in [0.25, 0.3) is 33.2 Å². The molecule has 1 aliphatic rings. The van der Waals surface area contributed by atoms with Gasteiger partial charge in [-0.15, -0.1) is 0 Å². The molecule has 4 heterocycles. The molecule has 0 amide bonds. The van der Waals surface area contributed by atoms with Gasteiger partial charge >= 0.3 is 0 Å². The van der Waals surface area contributed by atoms with Crippen molar-refractivity contribution >= 4 is 45.5 Å². The number of ether oxygens (including phenoxy) is 2. The molecule has 1 aliphatic heterocycles. The van der Waals surface area contributed by atoms with Crippen LogP contribution < -0.4 is 20.9 Å². The molecular weight excluding hydrogens is 655 g/mol. The molecule has 0 aliphatic carbocycles. The van der Waals surface area contributed by atoms with E-state index in [1.165, 1.54) is 20.4 Å². The summed E-state index contributed by atoms with van der Waals surface area (Å²) in [6, 6.07) is 11.5. The number of nitrogens with zero attached hydrogens (tertiary/aromatic N) is 5. The highest BCUT2D eigenvalue weighted by molar-refractivity contribution is 6.39. The summed E-state index contributed by atoms with van der Waals surface area (Å²) < 4.78 is 39.3. The first-order valence-corrected chi connectivity index (χ1v) is 15.3. The van der Waals surface area contributed by atoms with Crippen molar-refractivity contribution in [1.29, 1.82) is 0 Å². The molecule has 0 spiro atoms. The van der Waals surface area contributed by atoms with Crippen LogP contribution in [0, 0.1) is 0 Å². The van der Waals surface area contributed by atoms with Gasteiger partial charge in [0, 0.05) is 48.3 Å². The van der Waals surface area contributed by atoms with Gasteiger partial charge < -0.3 is 25.2 Å². The van der Waals surface area contributed by atoms with E-state index >= 15 is 0 Å². The minimum Gasteiger partial charge on any atom is -0.480 e. The maximum Gasteiger partial charge on any atom is 0.280 e. The third kappa shape index (κ3) is 6.62. The van der Waals surface area contributed by atoms with Crippen LogP contribution in [0.1, 0.15) is 24.2 Å². The monoisotopic (exact) mass is 683 g/mol. The lowest BCUT2D eigenvalue weighted by Gasteiger charge is -2.28. The lowest BCUT2D eigenvalue weighted by molar-refractivity contribution is -0.0281. The fraction of sp³-hybridized carbons (Fsp3) is 0.281. The highest BCUT2D eigenvalue weighted by Gasteiger charge is 2.24. The van der Waals surface area contributed by atoms with Gasteiger partial charge in [0.2, 0.25) is 5.88 Å². The van der Waals surface area contributed by atoms with Gasteiger partial charge in [-0.3, -0.25) is 9.78 Å². The Morgan fingerprint density at radius 2 is 1.85 bits per heavy atom. The normalized spacial score (nSPS) is 16.5. The topological polar surface area (TPSA) is 136 Å². The molecule has 15 heteroatoms. The summed E-state index contributed by atoms with van der Waals surface area (Å²) in [5, 5.41) is 21.3. The summed E-state index contributed by atoms with van der Waals surface area (Å²) in [6.07, 6.45) is 0.0940. The number of aliphatic hydroxyl groups is 1. The number of benzene rings is 2. The Kier molecular flexibility index (Phi) is 9.62. The average molecular weight is 685 g/mol. The first kappa shape index (κ1) is 32.7. The van der Waals surface area contributed by atoms with E-state index in [1.54, 1.807) is 42.6 Å². The van der Waals surface area contributed by atoms with Crippen molar-refractivity contribution in [2.75, 3.05) is 25.6 Å². The third-order valence-electron chi connectivity index (χ3n) is 7.85. The SMILES string of the molecule is COc1nc(-c2cccc(-c3cccc(Nc4nc(C(F)F)cc5cnn(C)c(=O)c45)c3Cl)c2Cl)cnc1CNC1CCOCC1O. The number of fused-ring (bicyclic) bond motifs is 1. The predicted molar refractivity (Wildman–Crippen MR) is 175 cm³/mol. The van der Waals surface area contributed by atoms with Crippen LogP contribution in [0.4, 0.5) is 20.3 Å². The van der Waals surface area contributed by atoms with Crippen molar-refractivity contribution in [2.45, 2.75) is 31.5 Å². The van der Waals surface area contributed by atoms with E-state index in [-0.39, 0.29) is 34.3 Å². The number of aryl methyl sites for hydroxylation is 1. The molecule has 0 radical (unpaired) electrons. The second kappa shape index (κ2) is 13.8. The molecule has 2 atom stereocenters. The molecule has 2 unspecified atom stereocenters. The molecule has 0 bridgehead atoms. The second-order valence-electron chi connectivity index (χ2n) is 10.8. The maximum atomic E-state index is 13.7. The molecule has 2 aromatic carbocycles. The Morgan fingerprint density at radius 1 is 1.11 bits per heavy atom. The Labute approximate surface area is 277 Å². The summed E-state index contributed by atoms with van der Waals surface area (Å²) in [5.74, 6) is 0.220. The Balaban J connectivity index is 1.33. The molecule has 5 aromatic rings. The summed E-state index contributed by atoms with van der Waals surface area (Å²) >= 11 is 13.9. The first-order chi connectivity index (χ1) is 22.7. The maximum absolute atomic E-state index is 13.7. The molecule has 1 fully saturated rings. The van der Waals surface area contributed by atoms with Crippen LogP contribution in [-0.2, 0) is 18.3 Å². The van der Waals surface area contributed by atoms with E-state index in [1.807, 2.05) is 0 Å². The lowest BCUT2D eigenvalue weighted by Crippen LogP contribution is -2.46. The molecular formula is C32H29Cl2F2N7O4. The highest BCUT2D eigenvalue weighted by atomic mass is 35.5. The molecule has 3 aromatic heterocycles. The average Bonchev–Trinajstić information content (AvgIpc) is 3.07. The van der Waals surface area contributed by atoms with Crippen LogP contribution in [-0.4, -0.2) is 62.3 Å². The predicted octanol–water partition coefficient (Wildman–Crippen LogP) is 5.69. The Morgan fingerprint density at radius 3 is 2.60 bits per heavy atom. The van der Waals surface area contributed by atoms with Crippen molar-refractivity contribution in [1.82, 2.24) is 30.0 Å². The number of aromatic nitrogens is 5. The minimum atomic E-state index is -2.88. The number of hydrogen-bond donors (Lipinski definition) is 3. The van der Waals surface area contributed by atoms with Gasteiger partial charge in [-0.1, -0.05) is 53.5 Å². The van der Waals surface area contributed by atoms with Gasteiger partial charge in [0.15, 0.2) is 0 Å². The number of alkyl halides is 2. The minimum absolute atomic E-state index is 0.0806. The van der Waals surface area contributed by atoms with Crippen LogP contribution in [0.5, 0.6) is 5.88 Å². The summed E-state index contributed by atoms with van der Waals surface area (Å²) in [4.78, 5) is 26.2.